The third-order valence-electron chi connectivity index (χ3n) is 3.55. The first-order valence-electron chi connectivity index (χ1n) is 8.01. The van der Waals surface area contributed by atoms with Crippen LogP contribution < -0.4 is 0 Å². The number of hydrazone groups is 1. The van der Waals surface area contributed by atoms with Gasteiger partial charge < -0.3 is 4.74 Å². The molecule has 2 aromatic rings. The van der Waals surface area contributed by atoms with E-state index >= 15 is 0 Å². The van der Waals surface area contributed by atoms with E-state index in [2.05, 4.69) is 19.9 Å². The fourth-order valence-corrected chi connectivity index (χ4v) is 3.66. The minimum absolute atomic E-state index is 0.203. The number of alkyl halides is 3. The van der Waals surface area contributed by atoms with Crippen molar-refractivity contribution in [1.82, 2.24) is 22.9 Å². The summed E-state index contributed by atoms with van der Waals surface area (Å²) in [6.07, 6.45) is -5.61. The molecule has 0 radical (unpaired) electrons. The molecule has 0 bridgehead atoms. The molecule has 18 heteroatoms. The van der Waals surface area contributed by atoms with Gasteiger partial charge in [-0.25, -0.2) is 14.2 Å². The van der Waals surface area contributed by atoms with E-state index in [9.17, 15) is 39.2 Å². The molecule has 2 rings (SSSR count). The van der Waals surface area contributed by atoms with Crippen LogP contribution in [-0.4, -0.2) is 73.2 Å². The Morgan fingerprint density at radius 2 is 1.84 bits per heavy atom. The summed E-state index contributed by atoms with van der Waals surface area (Å²) in [5, 5.41) is 5.39. The van der Waals surface area contributed by atoms with E-state index < -0.39 is 54.6 Å². The number of rotatable bonds is 6. The lowest BCUT2D eigenvalue weighted by Gasteiger charge is -2.14. The summed E-state index contributed by atoms with van der Waals surface area (Å²) >= 11 is 0. The minimum Gasteiger partial charge on any atom is -0.451 e. The second-order valence-corrected chi connectivity index (χ2v) is 9.55. The third kappa shape index (κ3) is 5.02. The topological polar surface area (TPSA) is 144 Å². The summed E-state index contributed by atoms with van der Waals surface area (Å²) in [6.45, 7) is 0. The molecule has 1 amide bonds. The molecule has 0 aliphatic carbocycles. The van der Waals surface area contributed by atoms with Crippen molar-refractivity contribution in [3.05, 3.63) is 41.5 Å². The van der Waals surface area contributed by atoms with Gasteiger partial charge in [0.15, 0.2) is 0 Å². The van der Waals surface area contributed by atoms with Gasteiger partial charge in [0.1, 0.15) is 12.1 Å². The van der Waals surface area contributed by atoms with Crippen molar-refractivity contribution in [3.63, 3.8) is 0 Å². The van der Waals surface area contributed by atoms with Gasteiger partial charge in [-0.15, -0.1) is 9.19 Å². The first-order valence-corrected chi connectivity index (χ1v) is 10.8. The second kappa shape index (κ2) is 8.79. The highest BCUT2D eigenvalue weighted by atomic mass is 32.2. The number of carbonyl (C=O) groups excluding carboxylic acids is 1. The van der Waals surface area contributed by atoms with Crippen molar-refractivity contribution in [2.24, 2.45) is 5.10 Å². The molecule has 0 N–H and O–H groups in total. The maximum atomic E-state index is 13.4. The van der Waals surface area contributed by atoms with E-state index in [-0.39, 0.29) is 8.50 Å². The van der Waals surface area contributed by atoms with Crippen molar-refractivity contribution in [2.75, 3.05) is 21.2 Å². The molecule has 1 aromatic carbocycles. The number of benzene rings is 1. The molecule has 0 spiro atoms. The maximum Gasteiger partial charge on any atom is 0.445 e. The van der Waals surface area contributed by atoms with Crippen LogP contribution >= 0.6 is 0 Å². The molecule has 0 saturated carbocycles. The van der Waals surface area contributed by atoms with Gasteiger partial charge in [-0.1, -0.05) is 10.5 Å². The summed E-state index contributed by atoms with van der Waals surface area (Å²) in [7, 11) is -6.26. The lowest BCUT2D eigenvalue weighted by Crippen LogP contribution is -2.34. The van der Waals surface area contributed by atoms with Crippen molar-refractivity contribution in [1.29, 1.82) is 0 Å². The zero-order chi connectivity index (χ0) is 24.5. The Hall–Kier alpha value is -3.12. The Labute approximate surface area is 178 Å². The van der Waals surface area contributed by atoms with Gasteiger partial charge in [-0.3, -0.25) is 0 Å². The summed E-state index contributed by atoms with van der Waals surface area (Å²) < 4.78 is 106. The predicted octanol–water partition coefficient (Wildman–Crippen LogP) is 0.882. The van der Waals surface area contributed by atoms with Gasteiger partial charge in [-0.2, -0.15) is 39.4 Å². The minimum atomic E-state index is -5.06. The van der Waals surface area contributed by atoms with Crippen LogP contribution in [0.3, 0.4) is 0 Å². The number of halogens is 4. The largest absolute Gasteiger partial charge is 0.451 e. The fraction of sp³-hybridized carbons (Fsp3) is 0.286. The van der Waals surface area contributed by atoms with Gasteiger partial charge in [-0.05, 0) is 17.7 Å². The number of aromatic nitrogens is 3. The number of amides is 1. The van der Waals surface area contributed by atoms with E-state index in [0.717, 1.165) is 27.3 Å². The van der Waals surface area contributed by atoms with E-state index in [1.807, 2.05) is 0 Å². The summed E-state index contributed by atoms with van der Waals surface area (Å²) in [5.74, 6) is -1.58. The van der Waals surface area contributed by atoms with Crippen LogP contribution in [0.2, 0.25) is 0 Å². The average Bonchev–Trinajstić information content (AvgIpc) is 3.19. The van der Waals surface area contributed by atoms with Gasteiger partial charge >= 0.3 is 32.5 Å². The standard InChI is InChI=1S/C14H14F4N6O6S2/c1-22(2)32(28,29)23-8-19-12(21-23)31(26,27)24(13(25)30-3)20-7-9-4-5-11(15)10(6-9)14(16,17)18/h4-8H,1-3H3/b20-7+. The van der Waals surface area contributed by atoms with E-state index in [4.69, 9.17) is 0 Å². The van der Waals surface area contributed by atoms with Crippen LogP contribution in [0.4, 0.5) is 22.4 Å². The van der Waals surface area contributed by atoms with Gasteiger partial charge in [0.25, 0.3) is 5.16 Å². The Bertz CT molecular complexity index is 1260. The monoisotopic (exact) mass is 502 g/mol. The lowest BCUT2D eigenvalue weighted by atomic mass is 10.1. The van der Waals surface area contributed by atoms with Gasteiger partial charge in [0, 0.05) is 14.1 Å². The third-order valence-corrected chi connectivity index (χ3v) is 6.46. The van der Waals surface area contributed by atoms with Crippen LogP contribution in [0.1, 0.15) is 11.1 Å². The van der Waals surface area contributed by atoms with E-state index in [0.29, 0.717) is 29.0 Å². The highest BCUT2D eigenvalue weighted by molar-refractivity contribution is 7.89. The second-order valence-electron chi connectivity index (χ2n) is 5.89. The SMILES string of the molecule is COC(=O)N(/N=C/c1ccc(F)c(C(F)(F)F)c1)S(=O)(=O)c1ncn(S(=O)(=O)N(C)C)n1. The van der Waals surface area contributed by atoms with Gasteiger partial charge in [0.05, 0.1) is 18.9 Å². The van der Waals surface area contributed by atoms with Crippen molar-refractivity contribution >= 4 is 32.5 Å². The zero-order valence-electron chi connectivity index (χ0n) is 16.3. The number of hydrogen-bond acceptors (Lipinski definition) is 9. The molecule has 0 fully saturated rings. The molecule has 0 unspecified atom stereocenters. The molecule has 0 atom stereocenters. The predicted molar refractivity (Wildman–Crippen MR) is 98.5 cm³/mol. The fourth-order valence-electron chi connectivity index (χ4n) is 1.95. The average molecular weight is 502 g/mol. The summed E-state index contributed by atoms with van der Waals surface area (Å²) in [5.41, 5.74) is -2.07. The lowest BCUT2D eigenvalue weighted by molar-refractivity contribution is -0.140. The molecule has 0 saturated heterocycles. The van der Waals surface area contributed by atoms with Crippen LogP contribution in [0.5, 0.6) is 0 Å². The Morgan fingerprint density at radius 3 is 2.38 bits per heavy atom. The zero-order valence-corrected chi connectivity index (χ0v) is 18.0. The first-order chi connectivity index (χ1) is 14.6. The van der Waals surface area contributed by atoms with Crippen LogP contribution in [0, 0.1) is 5.82 Å². The first kappa shape index (κ1) is 25.1. The van der Waals surface area contributed by atoms with E-state index in [1.54, 1.807) is 0 Å². The normalized spacial score (nSPS) is 13.0. The van der Waals surface area contributed by atoms with E-state index in [1.165, 1.54) is 0 Å². The molecule has 0 aliphatic rings. The highest BCUT2D eigenvalue weighted by Crippen LogP contribution is 2.31. The Balaban J connectivity index is 2.50. The van der Waals surface area contributed by atoms with Gasteiger partial charge in [0.2, 0.25) is 0 Å². The Morgan fingerprint density at radius 1 is 1.22 bits per heavy atom. The number of nitrogens with zero attached hydrogens (tertiary/aromatic N) is 6. The highest BCUT2D eigenvalue weighted by Gasteiger charge is 2.36. The van der Waals surface area contributed by atoms with Crippen molar-refractivity contribution in [3.8, 4) is 0 Å². The molecule has 1 heterocycles. The number of carbonyl (C=O) groups is 1. The van der Waals surface area contributed by atoms with Crippen LogP contribution in [-0.2, 0) is 31.1 Å². The quantitative estimate of drug-likeness (QED) is 0.322. The summed E-state index contributed by atoms with van der Waals surface area (Å²) in [6, 6.07) is 1.64. The molecule has 12 nitrogen and oxygen atoms in total. The van der Waals surface area contributed by atoms with Crippen molar-refractivity contribution < 1.29 is 43.9 Å². The molecule has 176 valence electrons. The maximum absolute atomic E-state index is 13.4. The number of sulfonamides is 1. The number of methoxy groups -OCH3 is 1. The van der Waals surface area contributed by atoms with Crippen molar-refractivity contribution in [2.45, 2.75) is 11.3 Å². The molecule has 0 aliphatic heterocycles. The summed E-state index contributed by atoms with van der Waals surface area (Å²) in [4.78, 5) is 15.3. The number of hydrogen-bond donors (Lipinski definition) is 0. The molecular formula is C14H14F4N6O6S2. The molecular weight excluding hydrogens is 488 g/mol. The number of ether oxygens (including phenoxy) is 1. The van der Waals surface area contributed by atoms with Crippen LogP contribution in [0.15, 0.2) is 34.8 Å². The smallest absolute Gasteiger partial charge is 0.445 e. The molecule has 1 aromatic heterocycles. The molecule has 32 heavy (non-hydrogen) atoms. The van der Waals surface area contributed by atoms with Crippen LogP contribution in [0.25, 0.3) is 0 Å². The Kier molecular flexibility index (Phi) is 6.90.